The Bertz CT molecular complexity index is 132. The summed E-state index contributed by atoms with van der Waals surface area (Å²) in [6, 6.07) is 0.689. The minimum absolute atomic E-state index is 0.224. The van der Waals surface area contributed by atoms with Gasteiger partial charge in [0.2, 0.25) is 0 Å². The summed E-state index contributed by atoms with van der Waals surface area (Å²) in [5.41, 5.74) is 11.5. The standard InChI is InChI=1S/C9H22N4/c1-8(11)9(2-3-10)13-6-4-12-5-7-13/h8-9,12H,2-7,10-11H2,1H3. The van der Waals surface area contributed by atoms with E-state index in [1.807, 2.05) is 0 Å². The molecular formula is C9H22N4. The van der Waals surface area contributed by atoms with Crippen molar-refractivity contribution in [2.24, 2.45) is 11.5 Å². The molecule has 4 nitrogen and oxygen atoms in total. The predicted octanol–water partition coefficient (Wildman–Crippen LogP) is -1.04. The van der Waals surface area contributed by atoms with Gasteiger partial charge in [-0.15, -0.1) is 0 Å². The zero-order valence-electron chi connectivity index (χ0n) is 8.50. The van der Waals surface area contributed by atoms with Gasteiger partial charge in [0.05, 0.1) is 0 Å². The molecule has 2 atom stereocenters. The zero-order chi connectivity index (χ0) is 9.68. The number of nitrogens with zero attached hydrogens (tertiary/aromatic N) is 1. The molecule has 1 aliphatic rings. The Kier molecular flexibility index (Phi) is 4.66. The predicted molar refractivity (Wildman–Crippen MR) is 55.6 cm³/mol. The third-order valence-electron chi connectivity index (χ3n) is 2.69. The van der Waals surface area contributed by atoms with Gasteiger partial charge in [0.25, 0.3) is 0 Å². The van der Waals surface area contributed by atoms with Gasteiger partial charge in [0.1, 0.15) is 0 Å². The van der Waals surface area contributed by atoms with Crippen molar-refractivity contribution in [1.82, 2.24) is 10.2 Å². The number of hydrogen-bond donors (Lipinski definition) is 3. The summed E-state index contributed by atoms with van der Waals surface area (Å²) in [5, 5.41) is 3.34. The van der Waals surface area contributed by atoms with Crippen molar-refractivity contribution in [3.05, 3.63) is 0 Å². The van der Waals surface area contributed by atoms with Crippen LogP contribution in [0.25, 0.3) is 0 Å². The lowest BCUT2D eigenvalue weighted by Crippen LogP contribution is -2.54. The quantitative estimate of drug-likeness (QED) is 0.524. The molecule has 0 radical (unpaired) electrons. The Morgan fingerprint density at radius 2 is 2.00 bits per heavy atom. The first-order chi connectivity index (χ1) is 6.25. The first-order valence-electron chi connectivity index (χ1n) is 5.16. The number of nitrogens with one attached hydrogen (secondary N) is 1. The molecule has 1 saturated heterocycles. The van der Waals surface area contributed by atoms with Crippen LogP contribution in [0.2, 0.25) is 0 Å². The minimum Gasteiger partial charge on any atom is -0.330 e. The molecule has 5 N–H and O–H groups in total. The summed E-state index contributed by atoms with van der Waals surface area (Å²) in [6.07, 6.45) is 1.01. The maximum absolute atomic E-state index is 5.94. The highest BCUT2D eigenvalue weighted by Gasteiger charge is 2.22. The smallest absolute Gasteiger partial charge is 0.0257 e. The van der Waals surface area contributed by atoms with E-state index in [1.54, 1.807) is 0 Å². The van der Waals surface area contributed by atoms with E-state index in [0.29, 0.717) is 6.04 Å². The van der Waals surface area contributed by atoms with Crippen molar-refractivity contribution in [2.45, 2.75) is 25.4 Å². The van der Waals surface area contributed by atoms with Crippen molar-refractivity contribution in [3.8, 4) is 0 Å². The van der Waals surface area contributed by atoms with Gasteiger partial charge in [-0.25, -0.2) is 0 Å². The fourth-order valence-corrected chi connectivity index (χ4v) is 1.96. The second-order valence-electron chi connectivity index (χ2n) is 3.79. The van der Waals surface area contributed by atoms with Gasteiger partial charge in [-0.3, -0.25) is 4.90 Å². The second-order valence-corrected chi connectivity index (χ2v) is 3.79. The third-order valence-corrected chi connectivity index (χ3v) is 2.69. The second kappa shape index (κ2) is 5.54. The van der Waals surface area contributed by atoms with Gasteiger partial charge in [-0.05, 0) is 19.9 Å². The summed E-state index contributed by atoms with van der Waals surface area (Å²) >= 11 is 0. The summed E-state index contributed by atoms with van der Waals surface area (Å²) < 4.78 is 0. The Balaban J connectivity index is 2.41. The van der Waals surface area contributed by atoms with Crippen LogP contribution in [0.5, 0.6) is 0 Å². The molecule has 1 aliphatic heterocycles. The van der Waals surface area contributed by atoms with E-state index in [2.05, 4.69) is 17.1 Å². The van der Waals surface area contributed by atoms with E-state index in [-0.39, 0.29) is 6.04 Å². The van der Waals surface area contributed by atoms with Crippen LogP contribution in [-0.4, -0.2) is 49.7 Å². The van der Waals surface area contributed by atoms with Crippen LogP contribution in [0.3, 0.4) is 0 Å². The molecule has 0 aliphatic carbocycles. The van der Waals surface area contributed by atoms with E-state index < -0.39 is 0 Å². The first-order valence-corrected chi connectivity index (χ1v) is 5.16. The van der Waals surface area contributed by atoms with Crippen molar-refractivity contribution in [1.29, 1.82) is 0 Å². The molecule has 0 aromatic rings. The Morgan fingerprint density at radius 1 is 1.38 bits per heavy atom. The molecule has 1 heterocycles. The molecule has 0 bridgehead atoms. The summed E-state index contributed by atoms with van der Waals surface area (Å²) in [4.78, 5) is 2.45. The van der Waals surface area contributed by atoms with Crippen molar-refractivity contribution >= 4 is 0 Å². The van der Waals surface area contributed by atoms with E-state index in [9.17, 15) is 0 Å². The molecule has 0 aromatic heterocycles. The van der Waals surface area contributed by atoms with E-state index in [1.165, 1.54) is 0 Å². The Morgan fingerprint density at radius 3 is 2.46 bits per heavy atom. The Labute approximate surface area is 80.6 Å². The van der Waals surface area contributed by atoms with Crippen LogP contribution in [0, 0.1) is 0 Å². The van der Waals surface area contributed by atoms with Gasteiger partial charge in [-0.2, -0.15) is 0 Å². The van der Waals surface area contributed by atoms with Crippen LogP contribution >= 0.6 is 0 Å². The lowest BCUT2D eigenvalue weighted by Gasteiger charge is -2.36. The fraction of sp³-hybridized carbons (Fsp3) is 1.00. The van der Waals surface area contributed by atoms with Crippen LogP contribution in [0.4, 0.5) is 0 Å². The number of nitrogens with two attached hydrogens (primary N) is 2. The van der Waals surface area contributed by atoms with Crippen LogP contribution in [-0.2, 0) is 0 Å². The molecule has 78 valence electrons. The molecule has 0 aromatic carbocycles. The largest absolute Gasteiger partial charge is 0.330 e. The maximum Gasteiger partial charge on any atom is 0.0257 e. The highest BCUT2D eigenvalue weighted by Crippen LogP contribution is 2.07. The van der Waals surface area contributed by atoms with Crippen molar-refractivity contribution < 1.29 is 0 Å². The molecule has 1 fully saturated rings. The highest BCUT2D eigenvalue weighted by molar-refractivity contribution is 4.82. The molecule has 2 unspecified atom stereocenters. The molecule has 0 amide bonds. The molecule has 13 heavy (non-hydrogen) atoms. The van der Waals surface area contributed by atoms with Crippen molar-refractivity contribution in [2.75, 3.05) is 32.7 Å². The van der Waals surface area contributed by atoms with Crippen LogP contribution in [0.1, 0.15) is 13.3 Å². The average molecular weight is 186 g/mol. The van der Waals surface area contributed by atoms with Crippen molar-refractivity contribution in [3.63, 3.8) is 0 Å². The lowest BCUT2D eigenvalue weighted by molar-refractivity contribution is 0.149. The van der Waals surface area contributed by atoms with E-state index in [4.69, 9.17) is 11.5 Å². The fourth-order valence-electron chi connectivity index (χ4n) is 1.96. The molecule has 1 rings (SSSR count). The van der Waals surface area contributed by atoms with Crippen LogP contribution < -0.4 is 16.8 Å². The molecular weight excluding hydrogens is 164 g/mol. The topological polar surface area (TPSA) is 67.3 Å². The minimum atomic E-state index is 0.224. The number of piperazine rings is 1. The number of hydrogen-bond acceptors (Lipinski definition) is 4. The maximum atomic E-state index is 5.94. The molecule has 0 spiro atoms. The lowest BCUT2D eigenvalue weighted by atomic mass is 10.0. The van der Waals surface area contributed by atoms with Crippen LogP contribution in [0.15, 0.2) is 0 Å². The Hall–Kier alpha value is -0.160. The molecule has 4 heteroatoms. The SMILES string of the molecule is CC(N)C(CCN)N1CCNCC1. The van der Waals surface area contributed by atoms with E-state index in [0.717, 1.165) is 39.1 Å². The van der Waals surface area contributed by atoms with E-state index >= 15 is 0 Å². The van der Waals surface area contributed by atoms with Gasteiger partial charge < -0.3 is 16.8 Å². The zero-order valence-corrected chi connectivity index (χ0v) is 8.50. The van der Waals surface area contributed by atoms with Gasteiger partial charge in [0.15, 0.2) is 0 Å². The van der Waals surface area contributed by atoms with Gasteiger partial charge >= 0.3 is 0 Å². The third kappa shape index (κ3) is 3.23. The monoisotopic (exact) mass is 186 g/mol. The molecule has 0 saturated carbocycles. The first kappa shape index (κ1) is 10.9. The summed E-state index contributed by atoms with van der Waals surface area (Å²) in [5.74, 6) is 0. The summed E-state index contributed by atoms with van der Waals surface area (Å²) in [6.45, 7) is 7.17. The number of rotatable bonds is 4. The normalized spacial score (nSPS) is 24.2. The summed E-state index contributed by atoms with van der Waals surface area (Å²) in [7, 11) is 0. The average Bonchev–Trinajstić information content (AvgIpc) is 2.15. The highest BCUT2D eigenvalue weighted by atomic mass is 15.2. The van der Waals surface area contributed by atoms with Gasteiger partial charge in [-0.1, -0.05) is 0 Å². The van der Waals surface area contributed by atoms with Gasteiger partial charge in [0, 0.05) is 38.3 Å².